The Bertz CT molecular complexity index is 782. The molecule has 0 fully saturated rings. The van der Waals surface area contributed by atoms with Gasteiger partial charge in [-0.05, 0) is 24.5 Å². The van der Waals surface area contributed by atoms with Gasteiger partial charge in [-0.1, -0.05) is 24.3 Å². The highest BCUT2D eigenvalue weighted by atomic mass is 16.2. The number of carbonyl (C=O) groups excluding carboxylic acids is 1. The molecule has 0 spiro atoms. The number of amides is 1. The van der Waals surface area contributed by atoms with Gasteiger partial charge >= 0.3 is 0 Å². The molecule has 1 aromatic heterocycles. The predicted octanol–water partition coefficient (Wildman–Crippen LogP) is 1.00. The molecule has 1 amide bonds. The summed E-state index contributed by atoms with van der Waals surface area (Å²) in [7, 11) is 1.85. The summed E-state index contributed by atoms with van der Waals surface area (Å²) in [6.45, 7) is 3.13. The van der Waals surface area contributed by atoms with Crippen LogP contribution in [0.1, 0.15) is 27.2 Å². The van der Waals surface area contributed by atoms with Crippen molar-refractivity contribution in [3.05, 3.63) is 57.0 Å². The topological polar surface area (TPSA) is 78.1 Å². The number of fused-ring (bicyclic) bond motifs is 1. The summed E-state index contributed by atoms with van der Waals surface area (Å²) in [6.07, 6.45) is 0.519. The van der Waals surface area contributed by atoms with E-state index in [1.165, 1.54) is 5.56 Å². The largest absolute Gasteiger partial charge is 0.350 e. The average molecular weight is 298 g/mol. The van der Waals surface area contributed by atoms with Gasteiger partial charge in [0.1, 0.15) is 5.69 Å². The standard InChI is InChI=1S/C16H18N4O2/c1-10-5-3-4-6-11(10)9-20(2)16-18-13-12(14(21)19-16)7-8-17-15(13)22/h3-6H,7-9H2,1-2H3,(H,17,22)(H,18,19,21). The molecule has 3 rings (SSSR count). The van der Waals surface area contributed by atoms with Crippen molar-refractivity contribution in [1.29, 1.82) is 0 Å². The van der Waals surface area contributed by atoms with Crippen LogP contribution >= 0.6 is 0 Å². The molecule has 0 atom stereocenters. The van der Waals surface area contributed by atoms with Crippen molar-refractivity contribution in [3.8, 4) is 0 Å². The number of aromatic nitrogens is 2. The van der Waals surface area contributed by atoms with Crippen LogP contribution in [-0.4, -0.2) is 29.5 Å². The van der Waals surface area contributed by atoms with E-state index in [1.807, 2.05) is 43.1 Å². The van der Waals surface area contributed by atoms with E-state index in [1.54, 1.807) is 0 Å². The summed E-state index contributed by atoms with van der Waals surface area (Å²) in [6, 6.07) is 8.05. The van der Waals surface area contributed by atoms with Crippen molar-refractivity contribution in [2.75, 3.05) is 18.5 Å². The molecule has 6 nitrogen and oxygen atoms in total. The van der Waals surface area contributed by atoms with Gasteiger partial charge in [0.2, 0.25) is 5.95 Å². The molecule has 1 aliphatic heterocycles. The molecule has 0 bridgehead atoms. The van der Waals surface area contributed by atoms with Crippen molar-refractivity contribution in [1.82, 2.24) is 15.3 Å². The van der Waals surface area contributed by atoms with E-state index in [0.717, 1.165) is 5.56 Å². The summed E-state index contributed by atoms with van der Waals surface area (Å²) in [5.74, 6) is 0.127. The second-order valence-electron chi connectivity index (χ2n) is 5.51. The van der Waals surface area contributed by atoms with E-state index >= 15 is 0 Å². The van der Waals surface area contributed by atoms with Crippen LogP contribution in [0.5, 0.6) is 0 Å². The molecule has 2 aromatic rings. The molecular formula is C16H18N4O2. The second-order valence-corrected chi connectivity index (χ2v) is 5.51. The maximum atomic E-state index is 12.2. The minimum absolute atomic E-state index is 0.230. The van der Waals surface area contributed by atoms with E-state index in [2.05, 4.69) is 15.3 Å². The first-order valence-corrected chi connectivity index (χ1v) is 7.23. The van der Waals surface area contributed by atoms with Crippen LogP contribution in [0.25, 0.3) is 0 Å². The normalized spacial score (nSPS) is 13.5. The highest BCUT2D eigenvalue weighted by molar-refractivity contribution is 5.94. The minimum atomic E-state index is -0.280. The van der Waals surface area contributed by atoms with Gasteiger partial charge in [0.15, 0.2) is 0 Å². The lowest BCUT2D eigenvalue weighted by molar-refractivity contribution is 0.0940. The lowest BCUT2D eigenvalue weighted by atomic mass is 10.1. The summed E-state index contributed by atoms with van der Waals surface area (Å²) >= 11 is 0. The minimum Gasteiger partial charge on any atom is -0.350 e. The number of carbonyl (C=O) groups is 1. The summed E-state index contributed by atoms with van der Waals surface area (Å²) in [5, 5.41) is 2.72. The van der Waals surface area contributed by atoms with Crippen LogP contribution in [0, 0.1) is 6.92 Å². The Morgan fingerprint density at radius 1 is 1.27 bits per heavy atom. The number of aromatic amines is 1. The fraction of sp³-hybridized carbons (Fsp3) is 0.312. The van der Waals surface area contributed by atoms with Crippen molar-refractivity contribution in [2.24, 2.45) is 0 Å². The van der Waals surface area contributed by atoms with Crippen LogP contribution in [0.3, 0.4) is 0 Å². The molecule has 6 heteroatoms. The number of aryl methyl sites for hydroxylation is 1. The van der Waals surface area contributed by atoms with Crippen molar-refractivity contribution >= 4 is 11.9 Å². The number of H-pyrrole nitrogens is 1. The number of anilines is 1. The monoisotopic (exact) mass is 298 g/mol. The Hall–Kier alpha value is -2.63. The number of rotatable bonds is 3. The Morgan fingerprint density at radius 2 is 2.05 bits per heavy atom. The van der Waals surface area contributed by atoms with Gasteiger partial charge < -0.3 is 10.2 Å². The molecule has 22 heavy (non-hydrogen) atoms. The van der Waals surface area contributed by atoms with Crippen LogP contribution in [0.15, 0.2) is 29.1 Å². The molecule has 2 N–H and O–H groups in total. The molecular weight excluding hydrogens is 280 g/mol. The molecule has 0 saturated carbocycles. The van der Waals surface area contributed by atoms with E-state index in [4.69, 9.17) is 0 Å². The molecule has 2 heterocycles. The SMILES string of the molecule is Cc1ccccc1CN(C)c1nc2c(c(=O)[nH]1)CCNC2=O. The highest BCUT2D eigenvalue weighted by Gasteiger charge is 2.23. The predicted molar refractivity (Wildman–Crippen MR) is 84.2 cm³/mol. The molecule has 0 saturated heterocycles. The van der Waals surface area contributed by atoms with E-state index in [9.17, 15) is 9.59 Å². The third-order valence-corrected chi connectivity index (χ3v) is 3.91. The molecule has 114 valence electrons. The van der Waals surface area contributed by atoms with Gasteiger partial charge in [-0.15, -0.1) is 0 Å². The first-order valence-electron chi connectivity index (χ1n) is 7.23. The van der Waals surface area contributed by atoms with Crippen molar-refractivity contribution in [2.45, 2.75) is 19.9 Å². The van der Waals surface area contributed by atoms with Crippen LogP contribution in [0.2, 0.25) is 0 Å². The lowest BCUT2D eigenvalue weighted by Gasteiger charge is -2.21. The smallest absolute Gasteiger partial charge is 0.270 e. The zero-order valence-electron chi connectivity index (χ0n) is 12.6. The van der Waals surface area contributed by atoms with E-state index < -0.39 is 0 Å². The molecule has 0 unspecified atom stereocenters. The number of hydrogen-bond acceptors (Lipinski definition) is 4. The first-order chi connectivity index (χ1) is 10.6. The number of hydrogen-bond donors (Lipinski definition) is 2. The van der Waals surface area contributed by atoms with Crippen molar-refractivity contribution < 1.29 is 4.79 Å². The van der Waals surface area contributed by atoms with Crippen LogP contribution in [0.4, 0.5) is 5.95 Å². The van der Waals surface area contributed by atoms with Gasteiger partial charge in [0.05, 0.1) is 5.56 Å². The Balaban J connectivity index is 1.93. The van der Waals surface area contributed by atoms with Gasteiger partial charge in [0, 0.05) is 20.1 Å². The average Bonchev–Trinajstić information content (AvgIpc) is 2.50. The van der Waals surface area contributed by atoms with Gasteiger partial charge in [0.25, 0.3) is 11.5 Å². The van der Waals surface area contributed by atoms with E-state index in [0.29, 0.717) is 31.0 Å². The number of nitrogens with one attached hydrogen (secondary N) is 2. The molecule has 0 radical (unpaired) electrons. The summed E-state index contributed by atoms with van der Waals surface area (Å²) in [5.41, 5.74) is 2.80. The molecule has 1 aliphatic rings. The summed E-state index contributed by atoms with van der Waals surface area (Å²) < 4.78 is 0. The maximum absolute atomic E-state index is 12.2. The zero-order chi connectivity index (χ0) is 15.7. The Labute approximate surface area is 128 Å². The Morgan fingerprint density at radius 3 is 2.82 bits per heavy atom. The van der Waals surface area contributed by atoms with Gasteiger partial charge in [-0.3, -0.25) is 14.6 Å². The van der Waals surface area contributed by atoms with Crippen molar-refractivity contribution in [3.63, 3.8) is 0 Å². The first kappa shape index (κ1) is 14.3. The van der Waals surface area contributed by atoms with Gasteiger partial charge in [-0.2, -0.15) is 0 Å². The van der Waals surface area contributed by atoms with E-state index in [-0.39, 0.29) is 17.2 Å². The summed E-state index contributed by atoms with van der Waals surface area (Å²) in [4.78, 5) is 33.0. The lowest BCUT2D eigenvalue weighted by Crippen LogP contribution is -2.38. The third-order valence-electron chi connectivity index (χ3n) is 3.91. The molecule has 1 aromatic carbocycles. The van der Waals surface area contributed by atoms with Crippen LogP contribution < -0.4 is 15.8 Å². The quantitative estimate of drug-likeness (QED) is 0.886. The molecule has 0 aliphatic carbocycles. The highest BCUT2D eigenvalue weighted by Crippen LogP contribution is 2.15. The second kappa shape index (κ2) is 5.63. The fourth-order valence-electron chi connectivity index (χ4n) is 2.59. The van der Waals surface area contributed by atoms with Gasteiger partial charge in [-0.25, -0.2) is 4.98 Å². The van der Waals surface area contributed by atoms with Crippen LogP contribution in [-0.2, 0) is 13.0 Å². The zero-order valence-corrected chi connectivity index (χ0v) is 12.6. The Kier molecular flexibility index (Phi) is 3.66. The third kappa shape index (κ3) is 2.59. The fourth-order valence-corrected chi connectivity index (χ4v) is 2.59. The maximum Gasteiger partial charge on any atom is 0.270 e. The number of benzene rings is 1. The number of nitrogens with zero attached hydrogens (tertiary/aromatic N) is 2.